The van der Waals surface area contributed by atoms with Crippen LogP contribution in [0.3, 0.4) is 0 Å². The van der Waals surface area contributed by atoms with E-state index < -0.39 is 15.6 Å². The predicted octanol–water partition coefficient (Wildman–Crippen LogP) is 3.81. The highest BCUT2D eigenvalue weighted by Crippen LogP contribution is 2.38. The van der Waals surface area contributed by atoms with Gasteiger partial charge in [-0.2, -0.15) is 0 Å². The quantitative estimate of drug-likeness (QED) is 0.329. The summed E-state index contributed by atoms with van der Waals surface area (Å²) in [6, 6.07) is 10.3. The van der Waals surface area contributed by atoms with E-state index in [2.05, 4.69) is 31.1 Å². The van der Waals surface area contributed by atoms with Gasteiger partial charge in [0.15, 0.2) is 17.3 Å². The third-order valence-electron chi connectivity index (χ3n) is 5.95. The number of anilines is 3. The van der Waals surface area contributed by atoms with Crippen LogP contribution in [0, 0.1) is 10.7 Å². The highest BCUT2D eigenvalue weighted by Gasteiger charge is 2.30. The molecule has 4 rings (SSSR count). The van der Waals surface area contributed by atoms with Crippen LogP contribution in [0.4, 0.5) is 17.2 Å². The lowest BCUT2D eigenvalue weighted by Crippen LogP contribution is -2.22. The van der Waals surface area contributed by atoms with Crippen molar-refractivity contribution < 1.29 is 18.5 Å². The van der Waals surface area contributed by atoms with Crippen molar-refractivity contribution in [1.82, 2.24) is 20.5 Å². The topological polar surface area (TPSA) is 159 Å². The molecule has 12 heteroatoms. The minimum Gasteiger partial charge on any atom is -0.494 e. The molecule has 0 aliphatic heterocycles. The van der Waals surface area contributed by atoms with E-state index in [1.165, 1.54) is 20.4 Å². The Morgan fingerprint density at radius 2 is 1.89 bits per heavy atom. The smallest absolute Gasteiger partial charge is 0.273 e. The van der Waals surface area contributed by atoms with Gasteiger partial charge in [-0.3, -0.25) is 14.6 Å². The van der Waals surface area contributed by atoms with Gasteiger partial charge >= 0.3 is 0 Å². The number of aromatic nitrogens is 3. The van der Waals surface area contributed by atoms with Gasteiger partial charge in [-0.1, -0.05) is 6.07 Å². The largest absolute Gasteiger partial charge is 0.494 e. The van der Waals surface area contributed by atoms with Crippen molar-refractivity contribution in [2.24, 2.45) is 5.92 Å². The van der Waals surface area contributed by atoms with Crippen LogP contribution in [0.15, 0.2) is 47.5 Å². The molecule has 1 aliphatic carbocycles. The summed E-state index contributed by atoms with van der Waals surface area (Å²) >= 11 is 0. The maximum absolute atomic E-state index is 12.7. The Morgan fingerprint density at radius 1 is 1.14 bits per heavy atom. The number of nitrogens with one attached hydrogen (secondary N) is 4. The van der Waals surface area contributed by atoms with Crippen molar-refractivity contribution in [3.8, 4) is 17.0 Å². The molecule has 1 aliphatic rings. The summed E-state index contributed by atoms with van der Waals surface area (Å²) in [6.07, 6.45) is 3.14. The molecule has 1 unspecified atom stereocenters. The summed E-state index contributed by atoms with van der Waals surface area (Å²) in [6.45, 7) is 3.48. The summed E-state index contributed by atoms with van der Waals surface area (Å²) in [5.74, 6) is 0.0733. The van der Waals surface area contributed by atoms with E-state index in [1.54, 1.807) is 44.2 Å². The van der Waals surface area contributed by atoms with Crippen LogP contribution in [-0.2, 0) is 14.5 Å². The van der Waals surface area contributed by atoms with Gasteiger partial charge in [-0.05, 0) is 51.0 Å². The molecule has 2 aromatic heterocycles. The van der Waals surface area contributed by atoms with Crippen LogP contribution >= 0.6 is 0 Å². The molecule has 0 spiro atoms. The predicted molar refractivity (Wildman–Crippen MR) is 141 cm³/mol. The van der Waals surface area contributed by atoms with Gasteiger partial charge in [0, 0.05) is 36.0 Å². The van der Waals surface area contributed by atoms with E-state index in [-0.39, 0.29) is 28.6 Å². The average Bonchev–Trinajstić information content (AvgIpc) is 3.74. The second-order valence-electron chi connectivity index (χ2n) is 8.87. The van der Waals surface area contributed by atoms with E-state index in [0.717, 1.165) is 12.8 Å². The molecule has 0 bridgehead atoms. The van der Waals surface area contributed by atoms with Gasteiger partial charge in [0.1, 0.15) is 0 Å². The number of carbonyl (C=O) groups is 2. The van der Waals surface area contributed by atoms with Gasteiger partial charge in [-0.15, -0.1) is 10.2 Å². The van der Waals surface area contributed by atoms with Gasteiger partial charge in [0.2, 0.25) is 5.91 Å². The standard InChI is InChI=1S/C25H29N7O4S/c1-14(2)37(26,35)16-10-11-18(28-13-16)17-6-5-7-19(23(17)36-4)29-20-12-21(30-24(33)15-8-9-15)31-32-22(20)25(34)27-3/h5-7,10-15,26H,8-9H2,1-4H3,(H,27,34)(H2,29,30,31,33). The van der Waals surface area contributed by atoms with Crippen molar-refractivity contribution in [2.45, 2.75) is 36.8 Å². The Bertz CT molecular complexity index is 1440. The van der Waals surface area contributed by atoms with E-state index in [1.807, 2.05) is 6.07 Å². The fourth-order valence-electron chi connectivity index (χ4n) is 3.60. The van der Waals surface area contributed by atoms with Gasteiger partial charge in [0.05, 0.1) is 38.8 Å². The molecule has 37 heavy (non-hydrogen) atoms. The highest BCUT2D eigenvalue weighted by atomic mass is 32.2. The maximum atomic E-state index is 12.7. The van der Waals surface area contributed by atoms with Crippen molar-refractivity contribution in [2.75, 3.05) is 24.8 Å². The van der Waals surface area contributed by atoms with Crippen LogP contribution in [0.1, 0.15) is 37.2 Å². The second kappa shape index (κ2) is 10.5. The Labute approximate surface area is 215 Å². The first kappa shape index (κ1) is 26.0. The summed E-state index contributed by atoms with van der Waals surface area (Å²) in [5, 5.41) is 16.1. The number of amides is 2. The van der Waals surface area contributed by atoms with Crippen LogP contribution in [0.2, 0.25) is 0 Å². The van der Waals surface area contributed by atoms with Crippen LogP contribution < -0.4 is 20.7 Å². The lowest BCUT2D eigenvalue weighted by Gasteiger charge is -2.17. The number of ether oxygens (including phenoxy) is 1. The molecule has 11 nitrogen and oxygen atoms in total. The Kier molecular flexibility index (Phi) is 7.39. The van der Waals surface area contributed by atoms with E-state index in [0.29, 0.717) is 33.3 Å². The minimum absolute atomic E-state index is 0.0172. The molecule has 2 heterocycles. The maximum Gasteiger partial charge on any atom is 0.273 e. The fourth-order valence-corrected chi connectivity index (χ4v) is 4.63. The number of rotatable bonds is 9. The molecule has 3 aromatic rings. The third-order valence-corrected chi connectivity index (χ3v) is 8.22. The lowest BCUT2D eigenvalue weighted by atomic mass is 10.1. The van der Waals surface area contributed by atoms with E-state index in [9.17, 15) is 13.8 Å². The Morgan fingerprint density at radius 3 is 2.49 bits per heavy atom. The number of nitrogens with zero attached hydrogens (tertiary/aromatic N) is 3. The summed E-state index contributed by atoms with van der Waals surface area (Å²) in [7, 11) is 0.0440. The molecule has 4 N–H and O–H groups in total. The van der Waals surface area contributed by atoms with Gasteiger partial charge in [0.25, 0.3) is 5.91 Å². The fraction of sp³-hybridized carbons (Fsp3) is 0.320. The SMILES string of the molecule is CNC(=O)c1nnc(NC(=O)C2CC2)cc1Nc1cccc(-c2ccc(S(=N)(=O)C(C)C)cn2)c1OC. The molecule has 1 fully saturated rings. The Balaban J connectivity index is 1.70. The molecular weight excluding hydrogens is 494 g/mol. The monoisotopic (exact) mass is 523 g/mol. The number of pyridine rings is 1. The number of methoxy groups -OCH3 is 1. The first-order chi connectivity index (χ1) is 17.6. The minimum atomic E-state index is -2.96. The number of hydrogen-bond donors (Lipinski definition) is 4. The molecule has 1 aromatic carbocycles. The third kappa shape index (κ3) is 5.53. The van der Waals surface area contributed by atoms with Crippen LogP contribution in [0.25, 0.3) is 11.3 Å². The van der Waals surface area contributed by atoms with Crippen molar-refractivity contribution in [3.63, 3.8) is 0 Å². The second-order valence-corrected chi connectivity index (χ2v) is 11.5. The summed E-state index contributed by atoms with van der Waals surface area (Å²) in [4.78, 5) is 29.5. The van der Waals surface area contributed by atoms with E-state index >= 15 is 0 Å². The summed E-state index contributed by atoms with van der Waals surface area (Å²) < 4.78 is 26.6. The molecule has 0 saturated heterocycles. The molecule has 1 saturated carbocycles. The number of carbonyl (C=O) groups excluding carboxylic acids is 2. The van der Waals surface area contributed by atoms with Crippen molar-refractivity contribution in [1.29, 1.82) is 4.78 Å². The summed E-state index contributed by atoms with van der Waals surface area (Å²) in [5.41, 5.74) is 2.09. The first-order valence-electron chi connectivity index (χ1n) is 11.7. The number of para-hydroxylation sites is 1. The molecule has 0 radical (unpaired) electrons. The zero-order valence-corrected chi connectivity index (χ0v) is 21.8. The van der Waals surface area contributed by atoms with Gasteiger partial charge < -0.3 is 20.7 Å². The lowest BCUT2D eigenvalue weighted by molar-refractivity contribution is -0.117. The molecule has 1 atom stereocenters. The normalized spacial score (nSPS) is 14.5. The molecular formula is C25H29N7O4S. The Hall–Kier alpha value is -4.06. The van der Waals surface area contributed by atoms with Crippen molar-refractivity contribution >= 4 is 38.7 Å². The van der Waals surface area contributed by atoms with Crippen LogP contribution in [-0.4, -0.2) is 50.6 Å². The van der Waals surface area contributed by atoms with Crippen molar-refractivity contribution in [3.05, 3.63) is 48.3 Å². The van der Waals surface area contributed by atoms with Crippen LogP contribution in [0.5, 0.6) is 5.75 Å². The first-order valence-corrected chi connectivity index (χ1v) is 13.4. The average molecular weight is 524 g/mol. The molecule has 2 amide bonds. The number of benzene rings is 1. The number of hydrogen-bond acceptors (Lipinski definition) is 9. The zero-order chi connectivity index (χ0) is 26.7. The highest BCUT2D eigenvalue weighted by molar-refractivity contribution is 7.93. The van der Waals surface area contributed by atoms with Gasteiger partial charge in [-0.25, -0.2) is 8.99 Å². The van der Waals surface area contributed by atoms with E-state index in [4.69, 9.17) is 9.52 Å². The zero-order valence-electron chi connectivity index (χ0n) is 21.0. The molecule has 194 valence electrons.